The van der Waals surface area contributed by atoms with Crippen LogP contribution in [-0.4, -0.2) is 28.5 Å². The van der Waals surface area contributed by atoms with E-state index in [1.165, 1.54) is 23.9 Å². The molecular formula is C12H14FN3OS. The van der Waals surface area contributed by atoms with Gasteiger partial charge in [-0.1, -0.05) is 23.9 Å². The van der Waals surface area contributed by atoms with Crippen LogP contribution in [0.5, 0.6) is 0 Å². The fourth-order valence-electron chi connectivity index (χ4n) is 1.47. The van der Waals surface area contributed by atoms with Crippen molar-refractivity contribution in [1.29, 1.82) is 0 Å². The van der Waals surface area contributed by atoms with Gasteiger partial charge in [-0.05, 0) is 17.7 Å². The van der Waals surface area contributed by atoms with Crippen molar-refractivity contribution >= 4 is 11.8 Å². The van der Waals surface area contributed by atoms with Crippen LogP contribution in [-0.2, 0) is 17.0 Å². The van der Waals surface area contributed by atoms with Gasteiger partial charge in [0.05, 0.1) is 6.61 Å². The van der Waals surface area contributed by atoms with Crippen LogP contribution >= 0.6 is 11.8 Å². The van der Waals surface area contributed by atoms with Gasteiger partial charge >= 0.3 is 0 Å². The molecule has 0 bridgehead atoms. The number of hydrogen-bond donors (Lipinski definition) is 0. The Morgan fingerprint density at radius 3 is 3.11 bits per heavy atom. The Kier molecular flexibility index (Phi) is 4.72. The molecule has 4 nitrogen and oxygen atoms in total. The molecule has 2 rings (SSSR count). The van der Waals surface area contributed by atoms with E-state index in [0.717, 1.165) is 17.3 Å². The minimum Gasteiger partial charge on any atom is -0.383 e. The minimum absolute atomic E-state index is 0.214. The maximum absolute atomic E-state index is 13.0. The van der Waals surface area contributed by atoms with E-state index in [4.69, 9.17) is 4.74 Å². The molecule has 0 aliphatic carbocycles. The average Bonchev–Trinajstić information content (AvgIpc) is 2.81. The van der Waals surface area contributed by atoms with Crippen molar-refractivity contribution in [3.8, 4) is 0 Å². The molecule has 1 aromatic heterocycles. The first-order chi connectivity index (χ1) is 8.79. The second-order valence-electron chi connectivity index (χ2n) is 3.72. The molecule has 0 aliphatic rings. The van der Waals surface area contributed by atoms with Crippen LogP contribution in [0.25, 0.3) is 0 Å². The van der Waals surface area contributed by atoms with Gasteiger partial charge in [0, 0.05) is 19.4 Å². The van der Waals surface area contributed by atoms with E-state index in [0.29, 0.717) is 12.4 Å². The second kappa shape index (κ2) is 6.51. The number of methoxy groups -OCH3 is 1. The predicted molar refractivity (Wildman–Crippen MR) is 67.9 cm³/mol. The maximum Gasteiger partial charge on any atom is 0.191 e. The summed E-state index contributed by atoms with van der Waals surface area (Å²) in [6.07, 6.45) is 1.67. The number of hydrogen-bond acceptors (Lipinski definition) is 4. The van der Waals surface area contributed by atoms with Crippen LogP contribution in [0.3, 0.4) is 0 Å². The number of nitrogens with zero attached hydrogens (tertiary/aromatic N) is 3. The third-order valence-corrected chi connectivity index (χ3v) is 3.43. The highest BCUT2D eigenvalue weighted by molar-refractivity contribution is 7.98. The molecule has 0 amide bonds. The van der Waals surface area contributed by atoms with Gasteiger partial charge in [0.15, 0.2) is 5.16 Å². The highest BCUT2D eigenvalue weighted by Crippen LogP contribution is 2.20. The maximum atomic E-state index is 13.0. The first kappa shape index (κ1) is 13.0. The van der Waals surface area contributed by atoms with Crippen LogP contribution in [0.15, 0.2) is 35.7 Å². The predicted octanol–water partition coefficient (Wildman–Crippen LogP) is 2.36. The van der Waals surface area contributed by atoms with E-state index in [-0.39, 0.29) is 5.82 Å². The summed E-state index contributed by atoms with van der Waals surface area (Å²) in [6, 6.07) is 6.57. The largest absolute Gasteiger partial charge is 0.383 e. The van der Waals surface area contributed by atoms with Crippen LogP contribution in [0.4, 0.5) is 4.39 Å². The number of ether oxygens (including phenoxy) is 1. The Labute approximate surface area is 109 Å². The molecule has 2 aromatic rings. The minimum atomic E-state index is -0.214. The summed E-state index contributed by atoms with van der Waals surface area (Å²) >= 11 is 1.53. The molecule has 1 heterocycles. The van der Waals surface area contributed by atoms with E-state index in [9.17, 15) is 4.39 Å². The Morgan fingerprint density at radius 2 is 2.33 bits per heavy atom. The number of benzene rings is 1. The fraction of sp³-hybridized carbons (Fsp3) is 0.333. The highest BCUT2D eigenvalue weighted by Gasteiger charge is 2.05. The summed E-state index contributed by atoms with van der Waals surface area (Å²) in [7, 11) is 1.66. The second-order valence-corrected chi connectivity index (χ2v) is 4.66. The van der Waals surface area contributed by atoms with Gasteiger partial charge in [0.25, 0.3) is 0 Å². The normalized spacial score (nSPS) is 10.8. The van der Waals surface area contributed by atoms with Crippen LogP contribution in [0.1, 0.15) is 5.56 Å². The van der Waals surface area contributed by atoms with Gasteiger partial charge in [-0.3, -0.25) is 0 Å². The van der Waals surface area contributed by atoms with E-state index < -0.39 is 0 Å². The molecular weight excluding hydrogens is 253 g/mol. The van der Waals surface area contributed by atoms with E-state index in [1.807, 2.05) is 10.6 Å². The molecule has 0 atom stereocenters. The van der Waals surface area contributed by atoms with Gasteiger partial charge in [-0.15, -0.1) is 10.2 Å². The Morgan fingerprint density at radius 1 is 1.44 bits per heavy atom. The lowest BCUT2D eigenvalue weighted by Crippen LogP contribution is -2.04. The van der Waals surface area contributed by atoms with Crippen molar-refractivity contribution in [2.24, 2.45) is 0 Å². The third-order valence-electron chi connectivity index (χ3n) is 2.37. The monoisotopic (exact) mass is 267 g/mol. The van der Waals surface area contributed by atoms with E-state index in [2.05, 4.69) is 10.2 Å². The molecule has 0 unspecified atom stereocenters. The zero-order valence-electron chi connectivity index (χ0n) is 10.0. The lowest BCUT2D eigenvalue weighted by molar-refractivity contribution is 0.184. The Bertz CT molecular complexity index is 504. The zero-order chi connectivity index (χ0) is 12.8. The van der Waals surface area contributed by atoms with Crippen LogP contribution in [0.2, 0.25) is 0 Å². The highest BCUT2D eigenvalue weighted by atomic mass is 32.2. The quantitative estimate of drug-likeness (QED) is 0.753. The molecule has 0 spiro atoms. The van der Waals surface area contributed by atoms with Gasteiger partial charge < -0.3 is 9.30 Å². The molecule has 96 valence electrons. The van der Waals surface area contributed by atoms with E-state index in [1.54, 1.807) is 19.5 Å². The molecule has 0 radical (unpaired) electrons. The smallest absolute Gasteiger partial charge is 0.191 e. The molecule has 0 saturated carbocycles. The molecule has 0 saturated heterocycles. The molecule has 0 fully saturated rings. The summed E-state index contributed by atoms with van der Waals surface area (Å²) in [5.41, 5.74) is 0.932. The van der Waals surface area contributed by atoms with Gasteiger partial charge in [-0.25, -0.2) is 4.39 Å². The molecule has 1 aromatic carbocycles. The lowest BCUT2D eigenvalue weighted by Gasteiger charge is -2.05. The molecule has 0 N–H and O–H groups in total. The van der Waals surface area contributed by atoms with Crippen LogP contribution < -0.4 is 0 Å². The SMILES string of the molecule is COCCn1cnnc1SCc1cccc(F)c1. The van der Waals surface area contributed by atoms with E-state index >= 15 is 0 Å². The van der Waals surface area contributed by atoms with Crippen molar-refractivity contribution < 1.29 is 9.13 Å². The van der Waals surface area contributed by atoms with Gasteiger partial charge in [0.2, 0.25) is 0 Å². The first-order valence-corrected chi connectivity index (χ1v) is 6.52. The topological polar surface area (TPSA) is 39.9 Å². The molecule has 18 heavy (non-hydrogen) atoms. The standard InChI is InChI=1S/C12H14FN3OS/c1-17-6-5-16-9-14-15-12(16)18-8-10-3-2-4-11(13)7-10/h2-4,7,9H,5-6,8H2,1H3. The van der Waals surface area contributed by atoms with Gasteiger partial charge in [-0.2, -0.15) is 0 Å². The summed E-state index contributed by atoms with van der Waals surface area (Å²) in [4.78, 5) is 0. The summed E-state index contributed by atoms with van der Waals surface area (Å²) < 4.78 is 20.0. The van der Waals surface area contributed by atoms with Gasteiger partial charge in [0.1, 0.15) is 12.1 Å². The van der Waals surface area contributed by atoms with Crippen LogP contribution in [0, 0.1) is 5.82 Å². The van der Waals surface area contributed by atoms with Crippen molar-refractivity contribution in [3.05, 3.63) is 42.0 Å². The van der Waals surface area contributed by atoms with Crippen molar-refractivity contribution in [1.82, 2.24) is 14.8 Å². The summed E-state index contributed by atoms with van der Waals surface area (Å²) in [5.74, 6) is 0.456. The Balaban J connectivity index is 1.95. The Hall–Kier alpha value is -1.40. The molecule has 6 heteroatoms. The number of thioether (sulfide) groups is 1. The van der Waals surface area contributed by atoms with Crippen molar-refractivity contribution in [3.63, 3.8) is 0 Å². The molecule has 0 aliphatic heterocycles. The lowest BCUT2D eigenvalue weighted by atomic mass is 10.2. The van der Waals surface area contributed by atoms with Crippen molar-refractivity contribution in [2.75, 3.05) is 13.7 Å². The number of halogens is 1. The number of aromatic nitrogens is 3. The third kappa shape index (κ3) is 3.54. The number of rotatable bonds is 6. The average molecular weight is 267 g/mol. The zero-order valence-corrected chi connectivity index (χ0v) is 10.9. The fourth-order valence-corrected chi connectivity index (χ4v) is 2.36. The first-order valence-electron chi connectivity index (χ1n) is 5.53. The van der Waals surface area contributed by atoms with Crippen molar-refractivity contribution in [2.45, 2.75) is 17.5 Å². The summed E-state index contributed by atoms with van der Waals surface area (Å²) in [5, 5.41) is 8.72. The summed E-state index contributed by atoms with van der Waals surface area (Å²) in [6.45, 7) is 1.33.